The number of carbonyl (C=O) groups is 1. The molecule has 1 aromatic carbocycles. The van der Waals surface area contributed by atoms with Gasteiger partial charge in [-0.25, -0.2) is 9.98 Å². The van der Waals surface area contributed by atoms with E-state index >= 15 is 0 Å². The van der Waals surface area contributed by atoms with Gasteiger partial charge < -0.3 is 16.0 Å². The molecule has 0 spiro atoms. The second-order valence-corrected chi connectivity index (χ2v) is 7.18. The van der Waals surface area contributed by atoms with E-state index in [1.54, 1.807) is 0 Å². The van der Waals surface area contributed by atoms with Crippen LogP contribution in [0.25, 0.3) is 0 Å². The van der Waals surface area contributed by atoms with E-state index in [2.05, 4.69) is 25.9 Å². The number of aliphatic imine (C=N–C) groups is 1. The van der Waals surface area contributed by atoms with Crippen LogP contribution in [0.4, 0.5) is 18.9 Å². The highest BCUT2D eigenvalue weighted by molar-refractivity contribution is 14.0. The number of alkyl halides is 3. The van der Waals surface area contributed by atoms with Crippen LogP contribution >= 0.6 is 35.3 Å². The number of fused-ring (bicyclic) bond motifs is 1. The van der Waals surface area contributed by atoms with E-state index in [0.717, 1.165) is 28.0 Å². The minimum absolute atomic E-state index is 0. The smallest absolute Gasteiger partial charge is 0.357 e. The van der Waals surface area contributed by atoms with Gasteiger partial charge >= 0.3 is 6.18 Å². The molecule has 0 fully saturated rings. The number of thiazole rings is 1. The van der Waals surface area contributed by atoms with Gasteiger partial charge in [-0.2, -0.15) is 13.2 Å². The number of nitrogens with one attached hydrogen (secondary N) is 3. The van der Waals surface area contributed by atoms with Gasteiger partial charge in [-0.3, -0.25) is 4.79 Å². The summed E-state index contributed by atoms with van der Waals surface area (Å²) in [7, 11) is 0. The molecule has 3 rings (SSSR count). The van der Waals surface area contributed by atoms with Crippen molar-refractivity contribution in [3.8, 4) is 0 Å². The Balaban J connectivity index is 0.00000300. The van der Waals surface area contributed by atoms with Gasteiger partial charge in [-0.1, -0.05) is 18.2 Å². The minimum Gasteiger partial charge on any atom is -0.357 e. The fourth-order valence-corrected chi connectivity index (χ4v) is 3.63. The van der Waals surface area contributed by atoms with E-state index in [9.17, 15) is 18.0 Å². The average Bonchev–Trinajstić information content (AvgIpc) is 3.13. The van der Waals surface area contributed by atoms with Gasteiger partial charge in [0.25, 0.3) is 0 Å². The predicted molar refractivity (Wildman–Crippen MR) is 118 cm³/mol. The highest BCUT2D eigenvalue weighted by atomic mass is 127. The third kappa shape index (κ3) is 6.29. The molecule has 0 radical (unpaired) electrons. The number of amides is 1. The number of anilines is 1. The fourth-order valence-electron chi connectivity index (χ4n) is 2.91. The van der Waals surface area contributed by atoms with Crippen molar-refractivity contribution in [1.29, 1.82) is 0 Å². The standard InChI is InChI=1S/C18H20F3N5OS.HI/c1-2-22-17(24-9-16-26-14(10-28-16)18(19,20)21)23-8-11-7-15(27)25-13-6-4-3-5-12(11)13;/h3-6,10-11H,2,7-9H2,1H3,(H,25,27)(H2,22,23,24);1H. The van der Waals surface area contributed by atoms with Crippen molar-refractivity contribution in [1.82, 2.24) is 15.6 Å². The van der Waals surface area contributed by atoms with E-state index in [1.807, 2.05) is 31.2 Å². The summed E-state index contributed by atoms with van der Waals surface area (Å²) >= 11 is 0.927. The van der Waals surface area contributed by atoms with Crippen LogP contribution in [-0.4, -0.2) is 29.9 Å². The minimum atomic E-state index is -4.45. The van der Waals surface area contributed by atoms with Crippen molar-refractivity contribution in [2.75, 3.05) is 18.4 Å². The summed E-state index contributed by atoms with van der Waals surface area (Å²) in [6, 6.07) is 7.62. The van der Waals surface area contributed by atoms with Gasteiger partial charge in [0.15, 0.2) is 11.7 Å². The van der Waals surface area contributed by atoms with Crippen molar-refractivity contribution < 1.29 is 18.0 Å². The van der Waals surface area contributed by atoms with E-state index in [4.69, 9.17) is 0 Å². The number of rotatable bonds is 5. The third-order valence-electron chi connectivity index (χ3n) is 4.18. The first kappa shape index (κ1) is 23.4. The molecular formula is C18H21F3IN5OS. The molecule has 11 heteroatoms. The number of nitrogens with zero attached hydrogens (tertiary/aromatic N) is 2. The number of hydrogen-bond donors (Lipinski definition) is 3. The lowest BCUT2D eigenvalue weighted by atomic mass is 9.90. The number of hydrogen-bond acceptors (Lipinski definition) is 4. The quantitative estimate of drug-likeness (QED) is 0.306. The fraction of sp³-hybridized carbons (Fsp3) is 0.389. The molecule has 0 saturated carbocycles. The van der Waals surface area contributed by atoms with Crippen LogP contribution in [0.1, 0.15) is 35.5 Å². The molecule has 29 heavy (non-hydrogen) atoms. The van der Waals surface area contributed by atoms with E-state index in [-0.39, 0.29) is 47.4 Å². The first-order valence-electron chi connectivity index (χ1n) is 8.79. The van der Waals surface area contributed by atoms with Gasteiger partial charge in [0, 0.05) is 36.5 Å². The SMILES string of the molecule is CCNC(=NCc1nc(C(F)(F)F)cs1)NCC1CC(=O)Nc2ccccc21.I. The Morgan fingerprint density at radius 1 is 1.34 bits per heavy atom. The molecule has 2 aromatic rings. The average molecular weight is 539 g/mol. The number of carbonyl (C=O) groups excluding carboxylic acids is 1. The Labute approximate surface area is 187 Å². The second-order valence-electron chi connectivity index (χ2n) is 6.24. The van der Waals surface area contributed by atoms with E-state index in [1.165, 1.54) is 0 Å². The molecule has 0 aliphatic carbocycles. The van der Waals surface area contributed by atoms with Gasteiger partial charge in [-0.05, 0) is 18.6 Å². The van der Waals surface area contributed by atoms with Crippen molar-refractivity contribution in [2.24, 2.45) is 4.99 Å². The summed E-state index contributed by atoms with van der Waals surface area (Å²) in [6.45, 7) is 3.00. The normalized spacial score (nSPS) is 16.5. The van der Waals surface area contributed by atoms with Crippen molar-refractivity contribution >= 4 is 52.9 Å². The molecule has 1 unspecified atom stereocenters. The predicted octanol–water partition coefficient (Wildman–Crippen LogP) is 3.96. The molecule has 158 valence electrons. The Morgan fingerprint density at radius 2 is 2.10 bits per heavy atom. The number of guanidine groups is 1. The first-order chi connectivity index (χ1) is 13.4. The molecule has 1 atom stereocenters. The van der Waals surface area contributed by atoms with Gasteiger partial charge in [0.1, 0.15) is 5.01 Å². The van der Waals surface area contributed by atoms with E-state index in [0.29, 0.717) is 25.5 Å². The zero-order valence-electron chi connectivity index (χ0n) is 15.5. The lowest BCUT2D eigenvalue weighted by Gasteiger charge is -2.26. The Bertz CT molecular complexity index is 871. The van der Waals surface area contributed by atoms with E-state index < -0.39 is 11.9 Å². The Morgan fingerprint density at radius 3 is 2.79 bits per heavy atom. The number of halogens is 4. The maximum Gasteiger partial charge on any atom is 0.434 e. The van der Waals surface area contributed by atoms with Crippen LogP contribution in [0.3, 0.4) is 0 Å². The van der Waals surface area contributed by atoms with Gasteiger partial charge in [0.05, 0.1) is 6.54 Å². The second kappa shape index (κ2) is 10.2. The molecule has 1 aliphatic rings. The molecule has 1 aliphatic heterocycles. The molecule has 2 heterocycles. The van der Waals surface area contributed by atoms with Crippen LogP contribution < -0.4 is 16.0 Å². The van der Waals surface area contributed by atoms with Crippen LogP contribution in [-0.2, 0) is 17.5 Å². The molecule has 0 saturated heterocycles. The number of para-hydroxylation sites is 1. The molecular weight excluding hydrogens is 518 g/mol. The summed E-state index contributed by atoms with van der Waals surface area (Å²) in [5.74, 6) is 0.398. The third-order valence-corrected chi connectivity index (χ3v) is 5.01. The van der Waals surface area contributed by atoms with Gasteiger partial charge in [0.2, 0.25) is 5.91 Å². The summed E-state index contributed by atoms with van der Waals surface area (Å²) in [5.41, 5.74) is 0.945. The molecule has 1 amide bonds. The van der Waals surface area contributed by atoms with Gasteiger partial charge in [-0.15, -0.1) is 35.3 Å². The Kier molecular flexibility index (Phi) is 8.25. The summed E-state index contributed by atoms with van der Waals surface area (Å²) in [4.78, 5) is 19.8. The molecule has 1 aromatic heterocycles. The largest absolute Gasteiger partial charge is 0.434 e. The highest BCUT2D eigenvalue weighted by Crippen LogP contribution is 2.31. The van der Waals surface area contributed by atoms with Crippen molar-refractivity contribution in [2.45, 2.75) is 32.0 Å². The zero-order valence-corrected chi connectivity index (χ0v) is 18.7. The van der Waals surface area contributed by atoms with Crippen molar-refractivity contribution in [3.63, 3.8) is 0 Å². The molecule has 6 nitrogen and oxygen atoms in total. The summed E-state index contributed by atoms with van der Waals surface area (Å²) in [6.07, 6.45) is -4.10. The number of benzene rings is 1. The molecule has 3 N–H and O–H groups in total. The maximum atomic E-state index is 12.7. The first-order valence-corrected chi connectivity index (χ1v) is 9.67. The lowest BCUT2D eigenvalue weighted by Crippen LogP contribution is -2.40. The van der Waals surface area contributed by atoms with Crippen LogP contribution in [0.2, 0.25) is 0 Å². The Hall–Kier alpha value is -1.89. The van der Waals surface area contributed by atoms with Crippen LogP contribution in [0.5, 0.6) is 0 Å². The topological polar surface area (TPSA) is 78.4 Å². The van der Waals surface area contributed by atoms with Crippen molar-refractivity contribution in [3.05, 3.63) is 45.9 Å². The summed E-state index contributed by atoms with van der Waals surface area (Å²) < 4.78 is 38.0. The monoisotopic (exact) mass is 539 g/mol. The lowest BCUT2D eigenvalue weighted by molar-refractivity contribution is -0.140. The van der Waals surface area contributed by atoms with Crippen LogP contribution in [0, 0.1) is 0 Å². The summed E-state index contributed by atoms with van der Waals surface area (Å²) in [5, 5.41) is 10.4. The molecule has 0 bridgehead atoms. The zero-order chi connectivity index (χ0) is 20.1. The van der Waals surface area contributed by atoms with Crippen LogP contribution in [0.15, 0.2) is 34.6 Å². The maximum absolute atomic E-state index is 12.7. The number of aromatic nitrogens is 1. The highest BCUT2D eigenvalue weighted by Gasteiger charge is 2.33.